The van der Waals surface area contributed by atoms with Gasteiger partial charge >= 0.3 is 6.18 Å². The summed E-state index contributed by atoms with van der Waals surface area (Å²) in [7, 11) is 1.50. The number of pyridine rings is 3. The Morgan fingerprint density at radius 2 is 1.97 bits per heavy atom. The summed E-state index contributed by atoms with van der Waals surface area (Å²) >= 11 is 0. The lowest BCUT2D eigenvalue weighted by Gasteiger charge is -2.11. The van der Waals surface area contributed by atoms with Gasteiger partial charge < -0.3 is 14.6 Å². The van der Waals surface area contributed by atoms with E-state index in [4.69, 9.17) is 4.74 Å². The highest BCUT2D eigenvalue weighted by Gasteiger charge is 2.36. The molecule has 0 saturated carbocycles. The third-order valence-electron chi connectivity index (χ3n) is 4.97. The molecule has 4 aromatic rings. The predicted octanol–water partition coefficient (Wildman–Crippen LogP) is 3.41. The van der Waals surface area contributed by atoms with Crippen molar-refractivity contribution in [2.45, 2.75) is 12.7 Å². The maximum Gasteiger partial charge on any atom is 0.433 e. The van der Waals surface area contributed by atoms with E-state index in [9.17, 15) is 22.8 Å². The monoisotopic (exact) mass is 484 g/mol. The number of carbonyl (C=O) groups is 1. The van der Waals surface area contributed by atoms with E-state index < -0.39 is 17.8 Å². The molecule has 4 heterocycles. The van der Waals surface area contributed by atoms with E-state index in [-0.39, 0.29) is 34.9 Å². The average Bonchev–Trinajstić information content (AvgIpc) is 3.31. The van der Waals surface area contributed by atoms with Crippen molar-refractivity contribution in [1.29, 1.82) is 0 Å². The van der Waals surface area contributed by atoms with Gasteiger partial charge in [0.25, 0.3) is 11.5 Å². The second-order valence-corrected chi connectivity index (χ2v) is 7.36. The van der Waals surface area contributed by atoms with Crippen LogP contribution in [0.4, 0.5) is 19.0 Å². The van der Waals surface area contributed by atoms with E-state index in [1.54, 1.807) is 12.1 Å². The van der Waals surface area contributed by atoms with Crippen molar-refractivity contribution in [2.24, 2.45) is 0 Å². The SMILES string of the molecule is COCCn1cc(C(=O)Nc2ccc(-n3nc(-c4cccnc4)cc3C(F)(F)F)cn2)ccc1=O. The number of ether oxygens (including phenoxy) is 1. The van der Waals surface area contributed by atoms with Gasteiger partial charge in [-0.15, -0.1) is 0 Å². The van der Waals surface area contributed by atoms with Gasteiger partial charge in [0.05, 0.1) is 29.7 Å². The Morgan fingerprint density at radius 3 is 2.63 bits per heavy atom. The average molecular weight is 484 g/mol. The highest BCUT2D eigenvalue weighted by atomic mass is 19.4. The smallest absolute Gasteiger partial charge is 0.383 e. The van der Waals surface area contributed by atoms with Crippen LogP contribution < -0.4 is 10.9 Å². The van der Waals surface area contributed by atoms with Crippen LogP contribution in [0.15, 0.2) is 72.0 Å². The molecule has 4 rings (SSSR count). The number of rotatable bonds is 7. The van der Waals surface area contributed by atoms with Gasteiger partial charge in [0.2, 0.25) is 0 Å². The number of amides is 1. The highest BCUT2D eigenvalue weighted by Crippen LogP contribution is 2.33. The molecule has 180 valence electrons. The van der Waals surface area contributed by atoms with Gasteiger partial charge in [-0.25, -0.2) is 9.67 Å². The molecule has 0 aliphatic heterocycles. The number of anilines is 1. The van der Waals surface area contributed by atoms with Crippen molar-refractivity contribution in [1.82, 2.24) is 24.3 Å². The largest absolute Gasteiger partial charge is 0.433 e. The molecular weight excluding hydrogens is 465 g/mol. The number of methoxy groups -OCH3 is 1. The van der Waals surface area contributed by atoms with Gasteiger partial charge in [-0.2, -0.15) is 18.3 Å². The second-order valence-electron chi connectivity index (χ2n) is 7.36. The predicted molar refractivity (Wildman–Crippen MR) is 120 cm³/mol. The van der Waals surface area contributed by atoms with Crippen LogP contribution in [0.3, 0.4) is 0 Å². The fourth-order valence-corrected chi connectivity index (χ4v) is 3.24. The standard InChI is InChI=1S/C23H19F3N6O3/c1-35-10-9-31-14-16(4-7-21(31)33)22(34)29-20-6-5-17(13-28-20)32-19(23(24,25)26)11-18(30-32)15-3-2-8-27-12-15/h2-8,11-14H,9-10H2,1H3,(H,28,29,34). The van der Waals surface area contributed by atoms with Crippen LogP contribution in [0.2, 0.25) is 0 Å². The summed E-state index contributed by atoms with van der Waals surface area (Å²) in [5, 5.41) is 6.64. The molecule has 4 aromatic heterocycles. The Hall–Kier alpha value is -4.32. The molecule has 1 amide bonds. The fourth-order valence-electron chi connectivity index (χ4n) is 3.24. The minimum absolute atomic E-state index is 0.0542. The summed E-state index contributed by atoms with van der Waals surface area (Å²) in [5.74, 6) is -0.424. The fraction of sp³-hybridized carbons (Fsp3) is 0.174. The molecule has 9 nitrogen and oxygen atoms in total. The number of alkyl halides is 3. The maximum atomic E-state index is 13.7. The molecule has 0 saturated heterocycles. The first-order valence-corrected chi connectivity index (χ1v) is 10.3. The number of hydrogen-bond donors (Lipinski definition) is 1. The summed E-state index contributed by atoms with van der Waals surface area (Å²) in [6.07, 6.45) is 0.833. The Bertz CT molecular complexity index is 1380. The van der Waals surface area contributed by atoms with E-state index in [0.29, 0.717) is 12.2 Å². The third-order valence-corrected chi connectivity index (χ3v) is 4.97. The lowest BCUT2D eigenvalue weighted by Crippen LogP contribution is -2.23. The van der Waals surface area contributed by atoms with Crippen molar-refractivity contribution >= 4 is 11.7 Å². The zero-order chi connectivity index (χ0) is 25.0. The van der Waals surface area contributed by atoms with E-state index in [0.717, 1.165) is 10.7 Å². The van der Waals surface area contributed by atoms with Crippen LogP contribution in [-0.2, 0) is 17.5 Å². The first-order valence-electron chi connectivity index (χ1n) is 10.3. The molecule has 12 heteroatoms. The van der Waals surface area contributed by atoms with Crippen LogP contribution in [0.25, 0.3) is 16.9 Å². The number of halogens is 3. The normalized spacial score (nSPS) is 11.4. The van der Waals surface area contributed by atoms with E-state index in [1.165, 1.54) is 60.7 Å². The molecule has 0 radical (unpaired) electrons. The summed E-state index contributed by atoms with van der Waals surface area (Å²) in [6, 6.07) is 9.49. The first kappa shape index (κ1) is 23.8. The number of carbonyl (C=O) groups excluding carboxylic acids is 1. The number of aromatic nitrogens is 5. The minimum atomic E-state index is -4.66. The van der Waals surface area contributed by atoms with Crippen LogP contribution in [-0.4, -0.2) is 43.9 Å². The van der Waals surface area contributed by atoms with E-state index in [1.807, 2.05) is 0 Å². The lowest BCUT2D eigenvalue weighted by molar-refractivity contribution is -0.142. The van der Waals surface area contributed by atoms with Gasteiger partial charge in [-0.3, -0.25) is 14.6 Å². The molecule has 0 aromatic carbocycles. The summed E-state index contributed by atoms with van der Waals surface area (Å²) in [6.45, 7) is 0.569. The zero-order valence-corrected chi connectivity index (χ0v) is 18.4. The Balaban J connectivity index is 1.57. The molecule has 0 bridgehead atoms. The van der Waals surface area contributed by atoms with Gasteiger partial charge in [0, 0.05) is 43.9 Å². The Kier molecular flexibility index (Phi) is 6.73. The molecule has 1 N–H and O–H groups in total. The maximum absolute atomic E-state index is 13.7. The summed E-state index contributed by atoms with van der Waals surface area (Å²) in [5.41, 5.74) is -0.468. The van der Waals surface area contributed by atoms with Crippen molar-refractivity contribution in [3.63, 3.8) is 0 Å². The molecule has 0 fully saturated rings. The number of hydrogen-bond acceptors (Lipinski definition) is 6. The van der Waals surface area contributed by atoms with Gasteiger partial charge in [-0.1, -0.05) is 0 Å². The van der Waals surface area contributed by atoms with E-state index in [2.05, 4.69) is 20.4 Å². The van der Waals surface area contributed by atoms with E-state index >= 15 is 0 Å². The van der Waals surface area contributed by atoms with Crippen LogP contribution >= 0.6 is 0 Å². The van der Waals surface area contributed by atoms with Crippen molar-refractivity contribution in [3.8, 4) is 16.9 Å². The Labute approximate surface area is 196 Å². The highest BCUT2D eigenvalue weighted by molar-refractivity contribution is 6.03. The van der Waals surface area contributed by atoms with Crippen molar-refractivity contribution in [2.75, 3.05) is 19.0 Å². The second kappa shape index (κ2) is 9.89. The van der Waals surface area contributed by atoms with Crippen molar-refractivity contribution in [3.05, 3.63) is 88.9 Å². The Morgan fingerprint density at radius 1 is 1.14 bits per heavy atom. The quantitative estimate of drug-likeness (QED) is 0.431. The first-order chi connectivity index (χ1) is 16.8. The molecule has 0 unspecified atom stereocenters. The van der Waals surface area contributed by atoms with Crippen LogP contribution in [0.1, 0.15) is 16.1 Å². The molecule has 35 heavy (non-hydrogen) atoms. The summed E-state index contributed by atoms with van der Waals surface area (Å²) < 4.78 is 48.0. The molecule has 0 spiro atoms. The zero-order valence-electron chi connectivity index (χ0n) is 18.4. The third kappa shape index (κ3) is 5.44. The van der Waals surface area contributed by atoms with Gasteiger partial charge in [0.1, 0.15) is 11.5 Å². The molecular formula is C23H19F3N6O3. The van der Waals surface area contributed by atoms with Gasteiger partial charge in [-0.05, 0) is 36.4 Å². The molecule has 0 atom stereocenters. The minimum Gasteiger partial charge on any atom is -0.383 e. The lowest BCUT2D eigenvalue weighted by atomic mass is 10.2. The summed E-state index contributed by atoms with van der Waals surface area (Å²) in [4.78, 5) is 32.4. The van der Waals surface area contributed by atoms with Gasteiger partial charge in [0.15, 0.2) is 0 Å². The van der Waals surface area contributed by atoms with Crippen LogP contribution in [0.5, 0.6) is 0 Å². The number of nitrogens with zero attached hydrogens (tertiary/aromatic N) is 5. The molecule has 0 aliphatic rings. The topological polar surface area (TPSA) is 104 Å². The number of nitrogens with one attached hydrogen (secondary N) is 1. The van der Waals surface area contributed by atoms with Crippen LogP contribution in [0, 0.1) is 0 Å². The van der Waals surface area contributed by atoms with Crippen molar-refractivity contribution < 1.29 is 22.7 Å². The molecule has 0 aliphatic carbocycles.